The average molecular weight is 439 g/mol. The molecule has 0 aromatic heterocycles. The molecule has 1 nitrogen and oxygen atoms in total. The van der Waals surface area contributed by atoms with Gasteiger partial charge in [-0.05, 0) is 32.1 Å². The number of hydrogen-bond acceptors (Lipinski definition) is 0. The van der Waals surface area contributed by atoms with Crippen LogP contribution in [0.4, 0.5) is 0 Å². The molecule has 188 valence electrons. The molecule has 1 heteroatoms. The van der Waals surface area contributed by atoms with Crippen LogP contribution in [0.2, 0.25) is 0 Å². The molecule has 0 atom stereocenters. The first kappa shape index (κ1) is 31.0. The summed E-state index contributed by atoms with van der Waals surface area (Å²) in [4.78, 5) is 0. The first-order valence-electron chi connectivity index (χ1n) is 15.1. The largest absolute Gasteiger partial charge is 0.324 e. The summed E-state index contributed by atoms with van der Waals surface area (Å²) in [5, 5.41) is 0. The van der Waals surface area contributed by atoms with Crippen LogP contribution in [0.3, 0.4) is 0 Å². The smallest absolute Gasteiger partial charge is 0.0786 e. The van der Waals surface area contributed by atoms with Gasteiger partial charge in [-0.2, -0.15) is 0 Å². The van der Waals surface area contributed by atoms with Crippen molar-refractivity contribution in [3.05, 3.63) is 0 Å². The normalized spacial score (nSPS) is 12.0. The fraction of sp³-hybridized carbons (Fsp3) is 1.00. The van der Waals surface area contributed by atoms with Crippen LogP contribution in [0, 0.1) is 0 Å². The highest BCUT2D eigenvalue weighted by Gasteiger charge is 2.23. The lowest BCUT2D eigenvalue weighted by molar-refractivity contribution is -0.928. The Labute approximate surface area is 199 Å². The fourth-order valence-electron chi connectivity index (χ4n) is 5.62. The van der Waals surface area contributed by atoms with E-state index in [-0.39, 0.29) is 0 Å². The Morgan fingerprint density at radius 2 is 0.516 bits per heavy atom. The minimum absolute atomic E-state index is 1.35. The van der Waals surface area contributed by atoms with E-state index >= 15 is 0 Å². The van der Waals surface area contributed by atoms with E-state index < -0.39 is 0 Å². The molecule has 0 fully saturated rings. The molecule has 0 heterocycles. The highest BCUT2D eigenvalue weighted by Crippen LogP contribution is 2.17. The molecule has 0 aliphatic heterocycles. The lowest BCUT2D eigenvalue weighted by atomic mass is 10.0. The van der Waals surface area contributed by atoms with Gasteiger partial charge in [0.15, 0.2) is 0 Å². The van der Waals surface area contributed by atoms with E-state index in [1.807, 2.05) is 0 Å². The zero-order valence-electron chi connectivity index (χ0n) is 22.8. The Balaban J connectivity index is 3.39. The van der Waals surface area contributed by atoms with E-state index in [0.717, 1.165) is 0 Å². The van der Waals surface area contributed by atoms with Crippen LogP contribution in [-0.2, 0) is 0 Å². The molecule has 0 N–H and O–H groups in total. The van der Waals surface area contributed by atoms with Crippen molar-refractivity contribution in [1.82, 2.24) is 0 Å². The van der Waals surface area contributed by atoms with Crippen LogP contribution in [0.5, 0.6) is 0 Å². The Kier molecular flexibility index (Phi) is 24.6. The second-order valence-electron chi connectivity index (χ2n) is 10.6. The van der Waals surface area contributed by atoms with Crippen molar-refractivity contribution >= 4 is 0 Å². The maximum atomic E-state index is 2.37. The van der Waals surface area contributed by atoms with Crippen molar-refractivity contribution in [1.29, 1.82) is 0 Å². The Bertz CT molecular complexity index is 307. The molecule has 0 spiro atoms. The monoisotopic (exact) mass is 439 g/mol. The molecule has 0 rings (SSSR count). The summed E-state index contributed by atoms with van der Waals surface area (Å²) in [6, 6.07) is 0. The van der Waals surface area contributed by atoms with Crippen molar-refractivity contribution < 1.29 is 4.48 Å². The molecule has 0 aromatic carbocycles. The second kappa shape index (κ2) is 24.6. The van der Waals surface area contributed by atoms with Crippen LogP contribution in [0.1, 0.15) is 169 Å². The predicted molar refractivity (Wildman–Crippen MR) is 144 cm³/mol. The average Bonchev–Trinajstić information content (AvgIpc) is 2.76. The molecule has 0 saturated heterocycles. The maximum Gasteiger partial charge on any atom is 0.0786 e. The molecule has 31 heavy (non-hydrogen) atoms. The van der Waals surface area contributed by atoms with E-state index in [9.17, 15) is 0 Å². The number of nitrogens with zero attached hydrogens (tertiary/aromatic N) is 1. The summed E-state index contributed by atoms with van der Waals surface area (Å²) in [5.41, 5.74) is 0. The third kappa shape index (κ3) is 20.3. The fourth-order valence-corrected chi connectivity index (χ4v) is 5.62. The van der Waals surface area contributed by atoms with Crippen molar-refractivity contribution in [3.63, 3.8) is 0 Å². The van der Waals surface area contributed by atoms with E-state index in [1.54, 1.807) is 0 Å². The van der Waals surface area contributed by atoms with Gasteiger partial charge in [0.1, 0.15) is 0 Å². The van der Waals surface area contributed by atoms with Gasteiger partial charge in [0, 0.05) is 0 Å². The van der Waals surface area contributed by atoms with Gasteiger partial charge in [0.05, 0.1) is 26.2 Å². The minimum atomic E-state index is 1.35. The summed E-state index contributed by atoms with van der Waals surface area (Å²) >= 11 is 0. The van der Waals surface area contributed by atoms with E-state index in [4.69, 9.17) is 0 Å². The number of quaternary nitrogens is 1. The van der Waals surface area contributed by atoms with Crippen LogP contribution in [0.15, 0.2) is 0 Å². The van der Waals surface area contributed by atoms with Gasteiger partial charge in [-0.25, -0.2) is 0 Å². The molecular weight excluding hydrogens is 374 g/mol. The minimum Gasteiger partial charge on any atom is -0.324 e. The molecule has 0 aliphatic carbocycles. The van der Waals surface area contributed by atoms with Gasteiger partial charge in [-0.15, -0.1) is 0 Å². The summed E-state index contributed by atoms with van der Waals surface area (Å²) in [7, 11) is 0. The van der Waals surface area contributed by atoms with Crippen molar-refractivity contribution in [2.24, 2.45) is 0 Å². The van der Waals surface area contributed by atoms with Crippen molar-refractivity contribution in [2.45, 2.75) is 169 Å². The molecule has 0 aliphatic rings. The molecule has 0 amide bonds. The lowest BCUT2D eigenvalue weighted by Gasteiger charge is -2.38. The second-order valence-corrected chi connectivity index (χ2v) is 10.6. The zero-order valence-corrected chi connectivity index (χ0v) is 22.8. The highest BCUT2D eigenvalue weighted by molar-refractivity contribution is 4.52. The van der Waals surface area contributed by atoms with Crippen LogP contribution in [-0.4, -0.2) is 30.7 Å². The Hall–Kier alpha value is -0.0400. The maximum absolute atomic E-state index is 2.37. The molecule has 0 unspecified atom stereocenters. The first-order valence-corrected chi connectivity index (χ1v) is 15.1. The SMILES string of the molecule is CCCCCCCCCCCCCCCCCCCCC[N+](CCC)(CCC)CCC. The highest BCUT2D eigenvalue weighted by atomic mass is 15.3. The van der Waals surface area contributed by atoms with Crippen LogP contribution in [0.25, 0.3) is 0 Å². The first-order chi connectivity index (χ1) is 15.2. The number of rotatable bonds is 26. The van der Waals surface area contributed by atoms with Gasteiger partial charge >= 0.3 is 0 Å². The molecule has 0 bridgehead atoms. The van der Waals surface area contributed by atoms with E-state index in [1.165, 1.54) is 172 Å². The third-order valence-corrected chi connectivity index (χ3v) is 7.33. The van der Waals surface area contributed by atoms with Crippen LogP contribution < -0.4 is 0 Å². The van der Waals surface area contributed by atoms with E-state index in [0.29, 0.717) is 0 Å². The quantitative estimate of drug-likeness (QED) is 0.0930. The molecular formula is C30H64N+. The number of hydrogen-bond donors (Lipinski definition) is 0. The van der Waals surface area contributed by atoms with Crippen LogP contribution >= 0.6 is 0 Å². The zero-order chi connectivity index (χ0) is 22.9. The summed E-state index contributed by atoms with van der Waals surface area (Å²) < 4.78 is 1.41. The molecule has 0 aromatic rings. The summed E-state index contributed by atoms with van der Waals surface area (Å²) in [5.74, 6) is 0. The third-order valence-electron chi connectivity index (χ3n) is 7.33. The summed E-state index contributed by atoms with van der Waals surface area (Å²) in [6.45, 7) is 15.1. The van der Waals surface area contributed by atoms with Crippen molar-refractivity contribution in [2.75, 3.05) is 26.2 Å². The van der Waals surface area contributed by atoms with Gasteiger partial charge in [0.2, 0.25) is 0 Å². The Morgan fingerprint density at radius 1 is 0.258 bits per heavy atom. The summed E-state index contributed by atoms with van der Waals surface area (Å²) in [6.07, 6.45) is 32.0. The predicted octanol–water partition coefficient (Wildman–Crippen LogP) is 10.5. The lowest BCUT2D eigenvalue weighted by Crippen LogP contribution is -2.50. The van der Waals surface area contributed by atoms with Gasteiger partial charge in [0.25, 0.3) is 0 Å². The standard InChI is InChI=1S/C30H64N/c1-5-9-10-11-12-13-14-15-16-17-18-19-20-21-22-23-24-25-26-30-31(27-6-2,28-7-3)29-8-4/h5-30H2,1-4H3/q+1. The topological polar surface area (TPSA) is 0 Å². The van der Waals surface area contributed by atoms with Gasteiger partial charge in [-0.1, -0.05) is 137 Å². The Morgan fingerprint density at radius 3 is 0.774 bits per heavy atom. The van der Waals surface area contributed by atoms with Gasteiger partial charge < -0.3 is 4.48 Å². The molecule has 0 radical (unpaired) electrons. The van der Waals surface area contributed by atoms with E-state index in [2.05, 4.69) is 27.7 Å². The number of unbranched alkanes of at least 4 members (excludes halogenated alkanes) is 18. The van der Waals surface area contributed by atoms with Crippen molar-refractivity contribution in [3.8, 4) is 0 Å². The van der Waals surface area contributed by atoms with Gasteiger partial charge in [-0.3, -0.25) is 0 Å². The molecule has 0 saturated carbocycles.